The normalized spacial score (nSPS) is 19.4. The Labute approximate surface area is 83.3 Å². The maximum Gasteiger partial charge on any atom is 0.355 e. The van der Waals surface area contributed by atoms with Crippen molar-refractivity contribution in [3.8, 4) is 0 Å². The molecule has 14 heavy (non-hydrogen) atoms. The van der Waals surface area contributed by atoms with Crippen LogP contribution in [0, 0.1) is 0 Å². The Morgan fingerprint density at radius 1 is 1.43 bits per heavy atom. The van der Waals surface area contributed by atoms with E-state index in [0.29, 0.717) is 6.54 Å². The minimum absolute atomic E-state index is 0.0781. The number of nitrogens with zero attached hydrogens (tertiary/aromatic N) is 2. The molecule has 5 heteroatoms. The zero-order valence-corrected chi connectivity index (χ0v) is 8.40. The molecule has 0 radical (unpaired) electrons. The molecule has 1 heterocycles. The minimum atomic E-state index is -1.00. The van der Waals surface area contributed by atoms with Crippen LogP contribution in [0.5, 0.6) is 0 Å². The number of oxime groups is 1. The highest BCUT2D eigenvalue weighted by Gasteiger charge is 2.17. The molecule has 0 aromatic rings. The van der Waals surface area contributed by atoms with Gasteiger partial charge in [0.2, 0.25) is 0 Å². The highest BCUT2D eigenvalue weighted by Crippen LogP contribution is 2.08. The number of carboxylic acids is 1. The van der Waals surface area contributed by atoms with Crippen LogP contribution in [0.2, 0.25) is 0 Å². The average Bonchev–Trinajstić information content (AvgIpc) is 2.18. The number of carbonyl (C=O) groups is 1. The third-order valence-corrected chi connectivity index (χ3v) is 2.27. The second-order valence-corrected chi connectivity index (χ2v) is 3.36. The first-order chi connectivity index (χ1) is 6.74. The fourth-order valence-electron chi connectivity index (χ4n) is 1.58. The molecule has 0 aliphatic carbocycles. The Bertz CT molecular complexity index is 222. The van der Waals surface area contributed by atoms with Gasteiger partial charge in [-0.15, -0.1) is 0 Å². The summed E-state index contributed by atoms with van der Waals surface area (Å²) in [5.74, 6) is -1.00. The van der Waals surface area contributed by atoms with Crippen LogP contribution in [0.15, 0.2) is 5.16 Å². The van der Waals surface area contributed by atoms with Crippen molar-refractivity contribution in [1.82, 2.24) is 4.90 Å². The molecule has 0 aromatic heterocycles. The molecule has 80 valence electrons. The van der Waals surface area contributed by atoms with Gasteiger partial charge < -0.3 is 9.94 Å². The van der Waals surface area contributed by atoms with E-state index in [2.05, 4.69) is 14.9 Å². The SMILES string of the molecule is CO/N=C(/CN1CCCCC1)C(=O)O. The van der Waals surface area contributed by atoms with E-state index in [1.54, 1.807) is 0 Å². The van der Waals surface area contributed by atoms with Gasteiger partial charge in [-0.1, -0.05) is 11.6 Å². The van der Waals surface area contributed by atoms with Crippen molar-refractivity contribution in [1.29, 1.82) is 0 Å². The summed E-state index contributed by atoms with van der Waals surface area (Å²) in [5, 5.41) is 12.3. The Morgan fingerprint density at radius 2 is 2.07 bits per heavy atom. The van der Waals surface area contributed by atoms with Gasteiger partial charge in [-0.2, -0.15) is 0 Å². The van der Waals surface area contributed by atoms with E-state index in [0.717, 1.165) is 25.9 Å². The van der Waals surface area contributed by atoms with Crippen LogP contribution in [-0.2, 0) is 9.63 Å². The van der Waals surface area contributed by atoms with E-state index in [-0.39, 0.29) is 5.71 Å². The molecule has 0 atom stereocenters. The number of carboxylic acid groups (broad SMARTS) is 1. The van der Waals surface area contributed by atoms with Gasteiger partial charge in [-0.05, 0) is 25.9 Å². The summed E-state index contributed by atoms with van der Waals surface area (Å²) in [4.78, 5) is 17.3. The second kappa shape index (κ2) is 5.59. The van der Waals surface area contributed by atoms with Gasteiger partial charge in [0.25, 0.3) is 0 Å². The maximum atomic E-state index is 10.7. The van der Waals surface area contributed by atoms with Crippen molar-refractivity contribution in [2.45, 2.75) is 19.3 Å². The Morgan fingerprint density at radius 3 is 2.57 bits per heavy atom. The summed E-state index contributed by atoms with van der Waals surface area (Å²) in [6.45, 7) is 2.29. The van der Waals surface area contributed by atoms with Crippen LogP contribution < -0.4 is 0 Å². The summed E-state index contributed by atoms with van der Waals surface area (Å²) < 4.78 is 0. The van der Waals surface area contributed by atoms with E-state index in [4.69, 9.17) is 5.11 Å². The van der Waals surface area contributed by atoms with Gasteiger partial charge >= 0.3 is 5.97 Å². The molecular formula is C9H16N2O3. The van der Waals surface area contributed by atoms with Crippen LogP contribution in [0.25, 0.3) is 0 Å². The van der Waals surface area contributed by atoms with E-state index in [9.17, 15) is 4.79 Å². The van der Waals surface area contributed by atoms with Gasteiger partial charge in [0.05, 0.1) is 6.54 Å². The molecule has 1 aliphatic heterocycles. The van der Waals surface area contributed by atoms with Gasteiger partial charge in [-0.3, -0.25) is 4.90 Å². The lowest BCUT2D eigenvalue weighted by molar-refractivity contribution is -0.129. The van der Waals surface area contributed by atoms with E-state index < -0.39 is 5.97 Å². The second-order valence-electron chi connectivity index (χ2n) is 3.36. The minimum Gasteiger partial charge on any atom is -0.477 e. The third kappa shape index (κ3) is 3.33. The summed E-state index contributed by atoms with van der Waals surface area (Å²) in [6, 6.07) is 0. The first-order valence-electron chi connectivity index (χ1n) is 4.79. The largest absolute Gasteiger partial charge is 0.477 e. The predicted molar refractivity (Wildman–Crippen MR) is 52.4 cm³/mol. The highest BCUT2D eigenvalue weighted by molar-refractivity contribution is 6.36. The fraction of sp³-hybridized carbons (Fsp3) is 0.778. The number of hydrogen-bond acceptors (Lipinski definition) is 4. The maximum absolute atomic E-state index is 10.7. The molecule has 5 nitrogen and oxygen atoms in total. The molecule has 1 aliphatic rings. The van der Waals surface area contributed by atoms with Gasteiger partial charge in [0, 0.05) is 0 Å². The van der Waals surface area contributed by atoms with Crippen LogP contribution in [0.3, 0.4) is 0 Å². The predicted octanol–water partition coefficient (Wildman–Crippen LogP) is 0.559. The zero-order chi connectivity index (χ0) is 10.4. The standard InChI is InChI=1S/C9H16N2O3/c1-14-10-8(9(12)13)7-11-5-3-2-4-6-11/h2-7H2,1H3,(H,12,13)/b10-8-. The Hall–Kier alpha value is -1.10. The molecule has 1 N–H and O–H groups in total. The van der Waals surface area contributed by atoms with Crippen LogP contribution in [-0.4, -0.2) is 48.4 Å². The number of aliphatic carboxylic acids is 1. The lowest BCUT2D eigenvalue weighted by Crippen LogP contribution is -2.37. The lowest BCUT2D eigenvalue weighted by Gasteiger charge is -2.25. The summed E-state index contributed by atoms with van der Waals surface area (Å²) in [5.41, 5.74) is 0.0781. The van der Waals surface area contributed by atoms with Crippen molar-refractivity contribution in [2.75, 3.05) is 26.7 Å². The van der Waals surface area contributed by atoms with E-state index in [1.165, 1.54) is 13.5 Å². The van der Waals surface area contributed by atoms with E-state index >= 15 is 0 Å². The smallest absolute Gasteiger partial charge is 0.355 e. The molecule has 0 bridgehead atoms. The molecule has 0 amide bonds. The molecule has 0 unspecified atom stereocenters. The molecule has 1 saturated heterocycles. The first-order valence-corrected chi connectivity index (χ1v) is 4.79. The van der Waals surface area contributed by atoms with Crippen LogP contribution in [0.1, 0.15) is 19.3 Å². The monoisotopic (exact) mass is 200 g/mol. The van der Waals surface area contributed by atoms with Crippen LogP contribution in [0.4, 0.5) is 0 Å². The molecular weight excluding hydrogens is 184 g/mol. The highest BCUT2D eigenvalue weighted by atomic mass is 16.6. The van der Waals surface area contributed by atoms with Crippen molar-refractivity contribution < 1.29 is 14.7 Å². The van der Waals surface area contributed by atoms with Crippen LogP contribution >= 0.6 is 0 Å². The summed E-state index contributed by atoms with van der Waals surface area (Å²) in [7, 11) is 1.36. The molecule has 0 aromatic carbocycles. The molecule has 1 rings (SSSR count). The first kappa shape index (κ1) is 11.0. The zero-order valence-electron chi connectivity index (χ0n) is 8.40. The average molecular weight is 200 g/mol. The number of rotatable bonds is 4. The number of piperidine rings is 1. The third-order valence-electron chi connectivity index (χ3n) is 2.27. The van der Waals surface area contributed by atoms with Gasteiger partial charge in [-0.25, -0.2) is 4.79 Å². The fourth-order valence-corrected chi connectivity index (χ4v) is 1.58. The molecule has 0 saturated carbocycles. The quantitative estimate of drug-likeness (QED) is 0.532. The number of likely N-dealkylation sites (tertiary alicyclic amines) is 1. The number of hydrogen-bond donors (Lipinski definition) is 1. The van der Waals surface area contributed by atoms with Gasteiger partial charge in [0.15, 0.2) is 5.71 Å². The Kier molecular flexibility index (Phi) is 4.39. The van der Waals surface area contributed by atoms with Gasteiger partial charge in [0.1, 0.15) is 7.11 Å². The van der Waals surface area contributed by atoms with Crippen molar-refractivity contribution >= 4 is 11.7 Å². The van der Waals surface area contributed by atoms with Crippen molar-refractivity contribution in [2.24, 2.45) is 5.16 Å². The summed E-state index contributed by atoms with van der Waals surface area (Å²) >= 11 is 0. The van der Waals surface area contributed by atoms with E-state index in [1.807, 2.05) is 0 Å². The van der Waals surface area contributed by atoms with Crippen molar-refractivity contribution in [3.63, 3.8) is 0 Å². The topological polar surface area (TPSA) is 62.1 Å². The molecule has 0 spiro atoms. The summed E-state index contributed by atoms with van der Waals surface area (Å²) in [6.07, 6.45) is 3.51. The molecule has 1 fully saturated rings. The Balaban J connectivity index is 2.46. The van der Waals surface area contributed by atoms with Crippen molar-refractivity contribution in [3.05, 3.63) is 0 Å². The lowest BCUT2D eigenvalue weighted by atomic mass is 10.1.